The molecule has 2 aromatic heterocycles. The lowest BCUT2D eigenvalue weighted by molar-refractivity contribution is 0.0964. The van der Waals surface area contributed by atoms with E-state index in [1.54, 1.807) is 12.1 Å². The summed E-state index contributed by atoms with van der Waals surface area (Å²) in [7, 11) is -0.715. The molecule has 0 spiro atoms. The summed E-state index contributed by atoms with van der Waals surface area (Å²) in [6.07, 6.45) is 1.12. The molecule has 0 unspecified atom stereocenters. The highest BCUT2D eigenvalue weighted by Gasteiger charge is 2.27. The van der Waals surface area contributed by atoms with Crippen LogP contribution in [0.25, 0.3) is 55.8 Å². The molecule has 0 atom stereocenters. The number of fused-ring (bicyclic) bond motifs is 6. The van der Waals surface area contributed by atoms with Crippen LogP contribution < -0.4 is 14.4 Å². The molecule has 0 fully saturated rings. The van der Waals surface area contributed by atoms with Gasteiger partial charge in [0, 0.05) is 36.7 Å². The Morgan fingerprint density at radius 1 is 1.00 bits per heavy atom. The van der Waals surface area contributed by atoms with E-state index in [9.17, 15) is 17.6 Å². The summed E-state index contributed by atoms with van der Waals surface area (Å²) in [5, 5.41) is 3.13. The summed E-state index contributed by atoms with van der Waals surface area (Å²) in [5.41, 5.74) is 5.16. The highest BCUT2D eigenvalue weighted by Crippen LogP contribution is 2.44. The lowest BCUT2D eigenvalue weighted by Gasteiger charge is -2.23. The maximum atomic E-state index is 13.7. The minimum atomic E-state index is -3.69. The largest absolute Gasteiger partial charge is 0.472 e. The third-order valence-corrected chi connectivity index (χ3v) is 8.93. The van der Waals surface area contributed by atoms with Crippen molar-refractivity contribution in [3.8, 4) is 39.6 Å². The minimum absolute atomic E-state index is 0.243. The quantitative estimate of drug-likeness (QED) is 0.261. The first-order valence-corrected chi connectivity index (χ1v) is 15.2. The van der Waals surface area contributed by atoms with Crippen molar-refractivity contribution in [1.82, 2.24) is 14.9 Å². The molecule has 4 aromatic carbocycles. The molecule has 0 radical (unpaired) electrons. The van der Waals surface area contributed by atoms with Crippen LogP contribution in [0.15, 0.2) is 83.3 Å². The number of carbonyl (C=O) groups is 1. The fourth-order valence-corrected chi connectivity index (χ4v) is 6.01. The van der Waals surface area contributed by atoms with Crippen LogP contribution in [0.2, 0.25) is 0 Å². The summed E-state index contributed by atoms with van der Waals surface area (Å²) in [6, 6.07) is 22.4. The van der Waals surface area contributed by atoms with Gasteiger partial charge in [0.1, 0.15) is 28.7 Å². The van der Waals surface area contributed by atoms with E-state index >= 15 is 0 Å². The Kier molecular flexibility index (Phi) is 6.03. The van der Waals surface area contributed by atoms with E-state index in [0.717, 1.165) is 28.7 Å². The Balaban J connectivity index is 1.49. The van der Waals surface area contributed by atoms with Crippen LogP contribution in [0.4, 0.5) is 10.1 Å². The Hall–Kier alpha value is -5.16. The number of aromatic nitrogens is 2. The molecule has 1 aliphatic heterocycles. The van der Waals surface area contributed by atoms with Crippen molar-refractivity contribution >= 4 is 43.6 Å². The number of amides is 1. The topological polar surface area (TPSA) is 107 Å². The Labute approximate surface area is 246 Å². The Morgan fingerprint density at radius 2 is 1.74 bits per heavy atom. The molecule has 1 N–H and O–H groups in total. The summed E-state index contributed by atoms with van der Waals surface area (Å²) >= 11 is 0. The van der Waals surface area contributed by atoms with E-state index in [1.165, 1.54) is 42.7 Å². The number of carbonyl (C=O) groups excluding carboxylic acids is 1. The standard InChI is InChI=1S/C32H25FN4O5S/c1-34-32(38)29-22-15-21(19-10-13-27-23(14-19)31-35-24-6-4-5-7-25(24)37(31)17-41-27)26(36(2)43(3,39)40)16-28(22)42-30(29)18-8-11-20(33)12-9-18/h4-16H,17H2,1-3H3,(H,34,38). The highest BCUT2D eigenvalue weighted by molar-refractivity contribution is 7.92. The number of para-hydroxylation sites is 2. The van der Waals surface area contributed by atoms with Crippen molar-refractivity contribution < 1.29 is 26.8 Å². The SMILES string of the molecule is CNC(=O)c1c(-c2ccc(F)cc2)oc2cc(N(C)S(C)(=O)=O)c(-c3ccc4c(c3)-c3nc5ccccc5n3CO4)cc12. The van der Waals surface area contributed by atoms with Gasteiger partial charge in [-0.2, -0.15) is 0 Å². The number of halogens is 1. The van der Waals surface area contributed by atoms with Gasteiger partial charge in [0.05, 0.1) is 34.1 Å². The number of hydrogen-bond acceptors (Lipinski definition) is 6. The average Bonchev–Trinajstić information content (AvgIpc) is 3.58. The second kappa shape index (κ2) is 9.70. The van der Waals surface area contributed by atoms with Gasteiger partial charge in [-0.25, -0.2) is 17.8 Å². The molecule has 1 aliphatic rings. The van der Waals surface area contributed by atoms with Gasteiger partial charge in [0.2, 0.25) is 10.0 Å². The molecule has 0 aliphatic carbocycles. The number of nitrogens with zero attached hydrogens (tertiary/aromatic N) is 3. The zero-order valence-electron chi connectivity index (χ0n) is 23.4. The molecule has 216 valence electrons. The summed E-state index contributed by atoms with van der Waals surface area (Å²) in [4.78, 5) is 18.1. The molecule has 6 aromatic rings. The van der Waals surface area contributed by atoms with Gasteiger partial charge in [-0.1, -0.05) is 18.2 Å². The van der Waals surface area contributed by atoms with E-state index in [4.69, 9.17) is 14.1 Å². The molecule has 43 heavy (non-hydrogen) atoms. The van der Waals surface area contributed by atoms with E-state index in [0.29, 0.717) is 45.8 Å². The van der Waals surface area contributed by atoms with Crippen molar-refractivity contribution in [3.63, 3.8) is 0 Å². The zero-order chi connectivity index (χ0) is 30.0. The van der Waals surface area contributed by atoms with Gasteiger partial charge < -0.3 is 14.5 Å². The summed E-state index contributed by atoms with van der Waals surface area (Å²) < 4.78 is 54.7. The lowest BCUT2D eigenvalue weighted by Crippen LogP contribution is -2.25. The Bertz CT molecular complexity index is 2200. The molecule has 7 rings (SSSR count). The molecule has 9 nitrogen and oxygen atoms in total. The van der Waals surface area contributed by atoms with Crippen molar-refractivity contribution in [2.75, 3.05) is 24.7 Å². The molecule has 1 amide bonds. The van der Waals surface area contributed by atoms with E-state index in [1.807, 2.05) is 47.0 Å². The van der Waals surface area contributed by atoms with Crippen LogP contribution in [-0.4, -0.2) is 44.2 Å². The van der Waals surface area contributed by atoms with Gasteiger partial charge in [-0.05, 0) is 60.2 Å². The second-order valence-corrected chi connectivity index (χ2v) is 12.3. The van der Waals surface area contributed by atoms with Crippen LogP contribution in [-0.2, 0) is 16.8 Å². The van der Waals surface area contributed by atoms with E-state index in [-0.39, 0.29) is 11.3 Å². The van der Waals surface area contributed by atoms with Gasteiger partial charge in [0.15, 0.2) is 6.73 Å². The number of furan rings is 1. The van der Waals surface area contributed by atoms with Crippen molar-refractivity contribution in [2.24, 2.45) is 0 Å². The summed E-state index contributed by atoms with van der Waals surface area (Å²) in [5.74, 6) is 0.799. The highest BCUT2D eigenvalue weighted by atomic mass is 32.2. The van der Waals surface area contributed by atoms with Gasteiger partial charge in [0.25, 0.3) is 5.91 Å². The monoisotopic (exact) mass is 596 g/mol. The van der Waals surface area contributed by atoms with Crippen LogP contribution in [0.1, 0.15) is 10.4 Å². The van der Waals surface area contributed by atoms with Crippen LogP contribution in [0, 0.1) is 5.82 Å². The number of imidazole rings is 1. The minimum Gasteiger partial charge on any atom is -0.472 e. The molecule has 0 saturated carbocycles. The van der Waals surface area contributed by atoms with Gasteiger partial charge in [-0.3, -0.25) is 13.7 Å². The predicted octanol–water partition coefficient (Wildman–Crippen LogP) is 6.03. The van der Waals surface area contributed by atoms with Crippen molar-refractivity contribution in [2.45, 2.75) is 6.73 Å². The number of rotatable bonds is 5. The molecule has 0 bridgehead atoms. The molecule has 11 heteroatoms. The molecular weight excluding hydrogens is 571 g/mol. The first-order valence-electron chi connectivity index (χ1n) is 13.4. The number of nitrogens with one attached hydrogen (secondary N) is 1. The van der Waals surface area contributed by atoms with Crippen LogP contribution >= 0.6 is 0 Å². The zero-order valence-corrected chi connectivity index (χ0v) is 24.2. The first kappa shape index (κ1) is 26.7. The fraction of sp³-hybridized carbons (Fsp3) is 0.125. The maximum Gasteiger partial charge on any atom is 0.255 e. The van der Waals surface area contributed by atoms with E-state index < -0.39 is 21.7 Å². The normalized spacial score (nSPS) is 12.6. The lowest BCUT2D eigenvalue weighted by atomic mass is 9.96. The molecule has 3 heterocycles. The fourth-order valence-electron chi connectivity index (χ4n) is 5.50. The third kappa shape index (κ3) is 4.31. The van der Waals surface area contributed by atoms with Crippen molar-refractivity contribution in [3.05, 3.63) is 90.2 Å². The van der Waals surface area contributed by atoms with Crippen LogP contribution in [0.5, 0.6) is 5.75 Å². The smallest absolute Gasteiger partial charge is 0.255 e. The van der Waals surface area contributed by atoms with Crippen LogP contribution in [0.3, 0.4) is 0 Å². The Morgan fingerprint density at radius 3 is 2.49 bits per heavy atom. The number of benzene rings is 4. The third-order valence-electron chi connectivity index (χ3n) is 7.74. The maximum absolute atomic E-state index is 13.7. The number of anilines is 1. The number of ether oxygens (including phenoxy) is 1. The first-order chi connectivity index (χ1) is 20.6. The molecular formula is C32H25FN4O5S. The van der Waals surface area contributed by atoms with Crippen molar-refractivity contribution in [1.29, 1.82) is 0 Å². The second-order valence-electron chi connectivity index (χ2n) is 10.3. The van der Waals surface area contributed by atoms with Gasteiger partial charge >= 0.3 is 0 Å². The number of hydrogen-bond donors (Lipinski definition) is 1. The average molecular weight is 597 g/mol. The van der Waals surface area contributed by atoms with Gasteiger partial charge in [-0.15, -0.1) is 0 Å². The molecule has 0 saturated heterocycles. The summed E-state index contributed by atoms with van der Waals surface area (Å²) in [6.45, 7) is 0.312. The predicted molar refractivity (Wildman–Crippen MR) is 163 cm³/mol. The number of sulfonamides is 1. The van der Waals surface area contributed by atoms with E-state index in [2.05, 4.69) is 5.32 Å².